The lowest BCUT2D eigenvalue weighted by atomic mass is 9.97. The van der Waals surface area contributed by atoms with Crippen LogP contribution in [0.5, 0.6) is 0 Å². The van der Waals surface area contributed by atoms with E-state index in [2.05, 4.69) is 11.8 Å². The molecule has 10 heavy (non-hydrogen) atoms. The Labute approximate surface area is 62.8 Å². The van der Waals surface area contributed by atoms with Gasteiger partial charge in [0.15, 0.2) is 0 Å². The second-order valence-electron chi connectivity index (χ2n) is 3.56. The van der Waals surface area contributed by atoms with Crippen molar-refractivity contribution >= 4 is 0 Å². The summed E-state index contributed by atoms with van der Waals surface area (Å²) in [7, 11) is 0. The average Bonchev–Trinajstić information content (AvgIpc) is 1.78. The highest BCUT2D eigenvalue weighted by Gasteiger charge is 2.35. The summed E-state index contributed by atoms with van der Waals surface area (Å²) in [5.41, 5.74) is -0.381. The van der Waals surface area contributed by atoms with Crippen molar-refractivity contribution in [3.05, 3.63) is 0 Å². The van der Waals surface area contributed by atoms with Gasteiger partial charge < -0.3 is 5.11 Å². The van der Waals surface area contributed by atoms with E-state index in [4.69, 9.17) is 0 Å². The Morgan fingerprint density at radius 2 is 2.10 bits per heavy atom. The highest BCUT2D eigenvalue weighted by molar-refractivity contribution is 4.90. The summed E-state index contributed by atoms with van der Waals surface area (Å²) in [5.74, 6) is 0. The maximum Gasteiger partial charge on any atom is 0.0872 e. The van der Waals surface area contributed by atoms with Gasteiger partial charge in [0.2, 0.25) is 0 Å². The SMILES string of the molecule is CCCCN1CC(C)(O)C1. The fraction of sp³-hybridized carbons (Fsp3) is 1.00. The second-order valence-corrected chi connectivity index (χ2v) is 3.56. The normalized spacial score (nSPS) is 24.3. The first-order valence-electron chi connectivity index (χ1n) is 4.09. The number of β-amino-alcohol motifs (C(OH)–C–C–N with tert-alkyl or cyclic N) is 1. The fourth-order valence-corrected chi connectivity index (χ4v) is 1.46. The zero-order valence-corrected chi connectivity index (χ0v) is 6.93. The number of rotatable bonds is 3. The molecule has 1 N–H and O–H groups in total. The largest absolute Gasteiger partial charge is 0.388 e. The van der Waals surface area contributed by atoms with Gasteiger partial charge in [0.05, 0.1) is 5.60 Å². The number of hydrogen-bond donors (Lipinski definition) is 1. The van der Waals surface area contributed by atoms with Crippen LogP contribution < -0.4 is 0 Å². The zero-order valence-electron chi connectivity index (χ0n) is 6.93. The molecule has 1 fully saturated rings. The monoisotopic (exact) mass is 143 g/mol. The minimum absolute atomic E-state index is 0.381. The molecule has 1 aliphatic rings. The fourth-order valence-electron chi connectivity index (χ4n) is 1.46. The van der Waals surface area contributed by atoms with Crippen molar-refractivity contribution in [3.8, 4) is 0 Å². The van der Waals surface area contributed by atoms with Gasteiger partial charge in [0, 0.05) is 13.1 Å². The van der Waals surface area contributed by atoms with Gasteiger partial charge in [0.25, 0.3) is 0 Å². The molecule has 0 spiro atoms. The summed E-state index contributed by atoms with van der Waals surface area (Å²) >= 11 is 0. The molecular weight excluding hydrogens is 126 g/mol. The molecular formula is C8H17NO. The van der Waals surface area contributed by atoms with Crippen LogP contribution in [0.2, 0.25) is 0 Å². The third-order valence-electron chi connectivity index (χ3n) is 1.96. The van der Waals surface area contributed by atoms with E-state index in [-0.39, 0.29) is 5.60 Å². The van der Waals surface area contributed by atoms with Crippen LogP contribution in [0, 0.1) is 0 Å². The van der Waals surface area contributed by atoms with E-state index in [0.717, 1.165) is 19.6 Å². The van der Waals surface area contributed by atoms with E-state index in [1.807, 2.05) is 6.92 Å². The van der Waals surface area contributed by atoms with E-state index >= 15 is 0 Å². The molecule has 0 unspecified atom stereocenters. The molecule has 0 aliphatic carbocycles. The predicted octanol–water partition coefficient (Wildman–Crippen LogP) is 0.853. The molecule has 1 saturated heterocycles. The van der Waals surface area contributed by atoms with Crippen molar-refractivity contribution in [2.75, 3.05) is 19.6 Å². The number of nitrogens with zero attached hydrogens (tertiary/aromatic N) is 1. The molecule has 0 saturated carbocycles. The Bertz CT molecular complexity index is 104. The summed E-state index contributed by atoms with van der Waals surface area (Å²) in [6, 6.07) is 0. The van der Waals surface area contributed by atoms with E-state index in [9.17, 15) is 5.11 Å². The lowest BCUT2D eigenvalue weighted by Gasteiger charge is -2.44. The van der Waals surface area contributed by atoms with Crippen molar-refractivity contribution in [3.63, 3.8) is 0 Å². The van der Waals surface area contributed by atoms with E-state index in [1.165, 1.54) is 12.8 Å². The van der Waals surface area contributed by atoms with Crippen molar-refractivity contribution < 1.29 is 5.11 Å². The van der Waals surface area contributed by atoms with E-state index in [0.29, 0.717) is 0 Å². The first-order chi connectivity index (χ1) is 4.64. The standard InChI is InChI=1S/C8H17NO/c1-3-4-5-9-6-8(2,10)7-9/h10H,3-7H2,1-2H3. The zero-order chi connectivity index (χ0) is 7.61. The molecule has 1 rings (SSSR count). The summed E-state index contributed by atoms with van der Waals surface area (Å²) in [4.78, 5) is 2.30. The highest BCUT2D eigenvalue weighted by Crippen LogP contribution is 2.19. The molecule has 0 radical (unpaired) electrons. The van der Waals surface area contributed by atoms with Crippen LogP contribution in [-0.2, 0) is 0 Å². The number of likely N-dealkylation sites (tertiary alicyclic amines) is 1. The van der Waals surface area contributed by atoms with Crippen molar-refractivity contribution in [1.82, 2.24) is 4.90 Å². The molecule has 0 amide bonds. The number of aliphatic hydroxyl groups is 1. The Kier molecular flexibility index (Phi) is 2.32. The Hall–Kier alpha value is -0.0800. The van der Waals surface area contributed by atoms with Crippen LogP contribution in [-0.4, -0.2) is 35.2 Å². The van der Waals surface area contributed by atoms with Gasteiger partial charge in [0.1, 0.15) is 0 Å². The molecule has 0 aromatic carbocycles. The summed E-state index contributed by atoms with van der Waals surface area (Å²) in [5, 5.41) is 9.34. The maximum absolute atomic E-state index is 9.34. The molecule has 0 bridgehead atoms. The minimum atomic E-state index is -0.381. The van der Waals surface area contributed by atoms with Gasteiger partial charge in [-0.15, -0.1) is 0 Å². The van der Waals surface area contributed by atoms with Gasteiger partial charge in [-0.25, -0.2) is 0 Å². The van der Waals surface area contributed by atoms with Gasteiger partial charge in [-0.3, -0.25) is 4.90 Å². The molecule has 0 aromatic heterocycles. The maximum atomic E-state index is 9.34. The summed E-state index contributed by atoms with van der Waals surface area (Å²) in [6.07, 6.45) is 2.51. The quantitative estimate of drug-likeness (QED) is 0.633. The van der Waals surface area contributed by atoms with Gasteiger partial charge in [-0.2, -0.15) is 0 Å². The lowest BCUT2D eigenvalue weighted by molar-refractivity contribution is -0.0832. The van der Waals surface area contributed by atoms with Crippen LogP contribution in [0.3, 0.4) is 0 Å². The minimum Gasteiger partial charge on any atom is -0.388 e. The van der Waals surface area contributed by atoms with Crippen molar-refractivity contribution in [2.45, 2.75) is 32.3 Å². The topological polar surface area (TPSA) is 23.5 Å². The summed E-state index contributed by atoms with van der Waals surface area (Å²) in [6.45, 7) is 6.99. The lowest BCUT2D eigenvalue weighted by Crippen LogP contribution is -2.59. The van der Waals surface area contributed by atoms with Crippen LogP contribution in [0.25, 0.3) is 0 Å². The molecule has 2 nitrogen and oxygen atoms in total. The molecule has 1 aliphatic heterocycles. The third-order valence-corrected chi connectivity index (χ3v) is 1.96. The van der Waals surface area contributed by atoms with Crippen molar-refractivity contribution in [2.24, 2.45) is 0 Å². The first kappa shape index (κ1) is 8.02. The molecule has 60 valence electrons. The van der Waals surface area contributed by atoms with Gasteiger partial charge >= 0.3 is 0 Å². The predicted molar refractivity (Wildman–Crippen MR) is 42.0 cm³/mol. The smallest absolute Gasteiger partial charge is 0.0872 e. The first-order valence-corrected chi connectivity index (χ1v) is 4.09. The van der Waals surface area contributed by atoms with Gasteiger partial charge in [-0.1, -0.05) is 13.3 Å². The van der Waals surface area contributed by atoms with Crippen LogP contribution >= 0.6 is 0 Å². The highest BCUT2D eigenvalue weighted by atomic mass is 16.3. The van der Waals surface area contributed by atoms with Crippen molar-refractivity contribution in [1.29, 1.82) is 0 Å². The molecule has 0 atom stereocenters. The van der Waals surface area contributed by atoms with E-state index < -0.39 is 0 Å². The second kappa shape index (κ2) is 2.89. The molecule has 0 aromatic rings. The van der Waals surface area contributed by atoms with E-state index in [1.54, 1.807) is 0 Å². The summed E-state index contributed by atoms with van der Waals surface area (Å²) < 4.78 is 0. The van der Waals surface area contributed by atoms with Crippen LogP contribution in [0.4, 0.5) is 0 Å². The van der Waals surface area contributed by atoms with Gasteiger partial charge in [-0.05, 0) is 19.9 Å². The molecule has 2 heteroatoms. The number of hydrogen-bond acceptors (Lipinski definition) is 2. The van der Waals surface area contributed by atoms with Crippen LogP contribution in [0.15, 0.2) is 0 Å². The Morgan fingerprint density at radius 3 is 2.50 bits per heavy atom. The Morgan fingerprint density at radius 1 is 1.50 bits per heavy atom. The average molecular weight is 143 g/mol. The number of unbranched alkanes of at least 4 members (excludes halogenated alkanes) is 1. The Balaban J connectivity index is 2.03. The third kappa shape index (κ3) is 1.96. The molecule has 1 heterocycles. The van der Waals surface area contributed by atoms with Crippen LogP contribution in [0.1, 0.15) is 26.7 Å².